The third kappa shape index (κ3) is 5.20. The monoisotopic (exact) mass is 416 g/mol. The molecule has 2 amide bonds. The van der Waals surface area contributed by atoms with Crippen LogP contribution in [0.2, 0.25) is 0 Å². The van der Waals surface area contributed by atoms with Gasteiger partial charge in [-0.25, -0.2) is 13.6 Å². The molecule has 1 heterocycles. The molecule has 158 valence electrons. The third-order valence-electron chi connectivity index (χ3n) is 5.16. The summed E-state index contributed by atoms with van der Waals surface area (Å²) in [4.78, 5) is 37.6. The van der Waals surface area contributed by atoms with Crippen molar-refractivity contribution in [2.24, 2.45) is 0 Å². The van der Waals surface area contributed by atoms with Gasteiger partial charge in [0.1, 0.15) is 6.04 Å². The molecule has 2 aromatic rings. The van der Waals surface area contributed by atoms with E-state index in [9.17, 15) is 28.3 Å². The fourth-order valence-electron chi connectivity index (χ4n) is 3.59. The Morgan fingerprint density at radius 2 is 1.87 bits per heavy atom. The predicted molar refractivity (Wildman–Crippen MR) is 104 cm³/mol. The summed E-state index contributed by atoms with van der Waals surface area (Å²) < 4.78 is 27.4. The molecule has 8 heteroatoms. The average Bonchev–Trinajstić information content (AvgIpc) is 3.05. The quantitative estimate of drug-likeness (QED) is 0.693. The molecule has 0 bridgehead atoms. The average molecular weight is 416 g/mol. The second-order valence-electron chi connectivity index (χ2n) is 7.28. The summed E-state index contributed by atoms with van der Waals surface area (Å²) in [5.74, 6) is -3.94. The number of hydrogen-bond acceptors (Lipinski definition) is 3. The molecule has 30 heavy (non-hydrogen) atoms. The lowest BCUT2D eigenvalue weighted by molar-refractivity contribution is -0.142. The van der Waals surface area contributed by atoms with Crippen molar-refractivity contribution in [1.29, 1.82) is 0 Å². The lowest BCUT2D eigenvalue weighted by Crippen LogP contribution is -2.45. The third-order valence-corrected chi connectivity index (χ3v) is 5.16. The van der Waals surface area contributed by atoms with Crippen molar-refractivity contribution in [3.63, 3.8) is 0 Å². The fourth-order valence-corrected chi connectivity index (χ4v) is 3.59. The molecular formula is C22H22F2N2O4. The summed E-state index contributed by atoms with van der Waals surface area (Å²) in [6, 6.07) is 11.0. The minimum atomic E-state index is -1.16. The molecule has 0 aliphatic carbocycles. The lowest BCUT2D eigenvalue weighted by Gasteiger charge is -2.25. The molecule has 1 unspecified atom stereocenters. The zero-order valence-corrected chi connectivity index (χ0v) is 16.2. The number of carboxylic acid groups (broad SMARTS) is 1. The van der Waals surface area contributed by atoms with Crippen molar-refractivity contribution in [1.82, 2.24) is 10.2 Å². The molecule has 2 atom stereocenters. The van der Waals surface area contributed by atoms with E-state index in [4.69, 9.17) is 0 Å². The molecule has 0 radical (unpaired) electrons. The van der Waals surface area contributed by atoms with Gasteiger partial charge in [0, 0.05) is 37.4 Å². The summed E-state index contributed by atoms with van der Waals surface area (Å²) >= 11 is 0. The highest BCUT2D eigenvalue weighted by atomic mass is 19.2. The number of benzene rings is 2. The van der Waals surface area contributed by atoms with E-state index in [0.29, 0.717) is 6.42 Å². The van der Waals surface area contributed by atoms with Gasteiger partial charge in [0.25, 0.3) is 0 Å². The second kappa shape index (κ2) is 9.47. The number of carbonyl (C=O) groups is 3. The van der Waals surface area contributed by atoms with Crippen LogP contribution in [0, 0.1) is 11.6 Å². The van der Waals surface area contributed by atoms with E-state index in [1.54, 1.807) is 24.3 Å². The lowest BCUT2D eigenvalue weighted by atomic mass is 10.0. The van der Waals surface area contributed by atoms with Gasteiger partial charge in [-0.2, -0.15) is 0 Å². The van der Waals surface area contributed by atoms with Crippen LogP contribution >= 0.6 is 0 Å². The number of likely N-dealkylation sites (tertiary alicyclic amines) is 1. The maximum atomic E-state index is 14.0. The van der Waals surface area contributed by atoms with Crippen LogP contribution in [0.25, 0.3) is 0 Å². The van der Waals surface area contributed by atoms with Crippen LogP contribution in [0.15, 0.2) is 48.5 Å². The van der Waals surface area contributed by atoms with Gasteiger partial charge in [-0.05, 0) is 18.1 Å². The molecule has 6 nitrogen and oxygen atoms in total. The molecule has 3 rings (SSSR count). The highest BCUT2D eigenvalue weighted by molar-refractivity contribution is 5.85. The maximum Gasteiger partial charge on any atom is 0.326 e. The van der Waals surface area contributed by atoms with Gasteiger partial charge in [-0.3, -0.25) is 9.59 Å². The minimum absolute atomic E-state index is 0.0307. The minimum Gasteiger partial charge on any atom is -0.480 e. The molecule has 0 saturated carbocycles. The van der Waals surface area contributed by atoms with Gasteiger partial charge >= 0.3 is 5.97 Å². The first-order valence-electron chi connectivity index (χ1n) is 9.63. The summed E-state index contributed by atoms with van der Waals surface area (Å²) in [6.07, 6.45) is 0.603. The number of carbonyl (C=O) groups excluding carboxylic acids is 2. The van der Waals surface area contributed by atoms with Gasteiger partial charge in [0.05, 0.1) is 0 Å². The molecule has 0 aromatic heterocycles. The van der Waals surface area contributed by atoms with Crippen LogP contribution in [0.3, 0.4) is 0 Å². The number of aliphatic carboxylic acids is 1. The summed E-state index contributed by atoms with van der Waals surface area (Å²) in [5.41, 5.74) is 0.799. The van der Waals surface area contributed by atoms with Gasteiger partial charge < -0.3 is 15.3 Å². The Bertz CT molecular complexity index is 936. The highest BCUT2D eigenvalue weighted by Crippen LogP contribution is 2.25. The molecule has 0 spiro atoms. The first kappa shape index (κ1) is 21.4. The van der Waals surface area contributed by atoms with Crippen LogP contribution in [0.4, 0.5) is 8.78 Å². The van der Waals surface area contributed by atoms with Gasteiger partial charge in [0.15, 0.2) is 11.6 Å². The standard InChI is InChI=1S/C22H22F2N2O4/c23-17-8-4-7-15(21(17)24)13-26-16(9-10-20(26)28)12-19(27)25-18(22(29)30)11-14-5-2-1-3-6-14/h1-8,16,18H,9-13H2,(H,25,27)(H,29,30)/t16?,18-/m0/s1. The van der Waals surface area contributed by atoms with Crippen molar-refractivity contribution >= 4 is 17.8 Å². The van der Waals surface area contributed by atoms with E-state index < -0.39 is 35.6 Å². The Morgan fingerprint density at radius 3 is 2.57 bits per heavy atom. The number of nitrogens with zero attached hydrogens (tertiary/aromatic N) is 1. The molecule has 2 N–H and O–H groups in total. The molecular weight excluding hydrogens is 394 g/mol. The number of carboxylic acids is 1. The van der Waals surface area contributed by atoms with Gasteiger partial charge in [0.2, 0.25) is 11.8 Å². The van der Waals surface area contributed by atoms with Gasteiger partial charge in [-0.15, -0.1) is 0 Å². The normalized spacial score (nSPS) is 17.1. The van der Waals surface area contributed by atoms with Crippen molar-refractivity contribution in [2.45, 2.75) is 44.3 Å². The van der Waals surface area contributed by atoms with Crippen LogP contribution < -0.4 is 5.32 Å². The summed E-state index contributed by atoms with van der Waals surface area (Å²) in [7, 11) is 0. The van der Waals surface area contributed by atoms with Crippen LogP contribution in [-0.2, 0) is 27.3 Å². The number of amides is 2. The van der Waals surface area contributed by atoms with Crippen LogP contribution in [0.5, 0.6) is 0 Å². The zero-order chi connectivity index (χ0) is 21.7. The number of nitrogens with one attached hydrogen (secondary N) is 1. The summed E-state index contributed by atoms with van der Waals surface area (Å²) in [5, 5.41) is 11.9. The Morgan fingerprint density at radius 1 is 1.13 bits per heavy atom. The van der Waals surface area contributed by atoms with Gasteiger partial charge in [-0.1, -0.05) is 42.5 Å². The van der Waals surface area contributed by atoms with E-state index >= 15 is 0 Å². The topological polar surface area (TPSA) is 86.7 Å². The number of rotatable bonds is 8. The molecule has 1 aliphatic heterocycles. The van der Waals surface area contributed by atoms with E-state index in [0.717, 1.165) is 11.6 Å². The van der Waals surface area contributed by atoms with Crippen molar-refractivity contribution < 1.29 is 28.3 Å². The Hall–Kier alpha value is -3.29. The van der Waals surface area contributed by atoms with E-state index in [1.165, 1.54) is 17.0 Å². The number of hydrogen-bond donors (Lipinski definition) is 2. The Labute approximate surface area is 172 Å². The molecule has 1 aliphatic rings. The molecule has 1 saturated heterocycles. The molecule has 1 fully saturated rings. The Kier molecular flexibility index (Phi) is 6.76. The summed E-state index contributed by atoms with van der Waals surface area (Å²) in [6.45, 7) is -0.146. The maximum absolute atomic E-state index is 14.0. The largest absolute Gasteiger partial charge is 0.480 e. The number of halogens is 2. The predicted octanol–water partition coefficient (Wildman–Crippen LogP) is 2.66. The Balaban J connectivity index is 1.64. The molecule has 2 aromatic carbocycles. The van der Waals surface area contributed by atoms with Crippen molar-refractivity contribution in [2.75, 3.05) is 0 Å². The zero-order valence-electron chi connectivity index (χ0n) is 16.2. The first-order chi connectivity index (χ1) is 14.3. The van der Waals surface area contributed by atoms with Crippen molar-refractivity contribution in [3.05, 3.63) is 71.3 Å². The fraction of sp³-hybridized carbons (Fsp3) is 0.318. The van der Waals surface area contributed by atoms with E-state index in [1.807, 2.05) is 6.07 Å². The SMILES string of the molecule is O=C(CC1CCC(=O)N1Cc1cccc(F)c1F)N[C@@H](Cc1ccccc1)C(=O)O. The van der Waals surface area contributed by atoms with Crippen LogP contribution in [-0.4, -0.2) is 39.9 Å². The van der Waals surface area contributed by atoms with Crippen LogP contribution in [0.1, 0.15) is 30.4 Å². The van der Waals surface area contributed by atoms with Crippen molar-refractivity contribution in [3.8, 4) is 0 Å². The smallest absolute Gasteiger partial charge is 0.326 e. The van der Waals surface area contributed by atoms with E-state index in [-0.39, 0.29) is 37.3 Å². The highest BCUT2D eigenvalue weighted by Gasteiger charge is 2.34. The first-order valence-corrected chi connectivity index (χ1v) is 9.63. The second-order valence-corrected chi connectivity index (χ2v) is 7.28. The van der Waals surface area contributed by atoms with E-state index in [2.05, 4.69) is 5.32 Å².